The standard InChI is InChI=1S/C13H24O/c1-11(14)7-5-9-13(4)10-6-8-12(13,2)3/h5,9,11,14H,6-8,10H2,1-4H3. The smallest absolute Gasteiger partial charge is 0.0546 e. The molecule has 0 aliphatic heterocycles. The summed E-state index contributed by atoms with van der Waals surface area (Å²) in [7, 11) is 0. The van der Waals surface area contributed by atoms with Gasteiger partial charge in [-0.05, 0) is 37.0 Å². The second kappa shape index (κ2) is 4.06. The van der Waals surface area contributed by atoms with E-state index in [1.165, 1.54) is 19.3 Å². The molecule has 0 aromatic carbocycles. The Morgan fingerprint density at radius 2 is 1.93 bits per heavy atom. The van der Waals surface area contributed by atoms with E-state index in [4.69, 9.17) is 0 Å². The molecule has 1 aliphatic carbocycles. The predicted octanol–water partition coefficient (Wildman–Crippen LogP) is 3.53. The van der Waals surface area contributed by atoms with Crippen LogP contribution in [0.5, 0.6) is 0 Å². The Kier molecular flexibility index (Phi) is 3.41. The van der Waals surface area contributed by atoms with Crippen LogP contribution in [0.2, 0.25) is 0 Å². The first kappa shape index (κ1) is 11.8. The van der Waals surface area contributed by atoms with Gasteiger partial charge in [0.15, 0.2) is 0 Å². The van der Waals surface area contributed by atoms with Crippen LogP contribution in [0.3, 0.4) is 0 Å². The highest BCUT2D eigenvalue weighted by atomic mass is 16.3. The van der Waals surface area contributed by atoms with Crippen LogP contribution in [-0.2, 0) is 0 Å². The van der Waals surface area contributed by atoms with Crippen LogP contribution in [0.1, 0.15) is 53.4 Å². The van der Waals surface area contributed by atoms with Crippen molar-refractivity contribution in [3.8, 4) is 0 Å². The fourth-order valence-electron chi connectivity index (χ4n) is 2.36. The zero-order valence-electron chi connectivity index (χ0n) is 10.0. The fraction of sp³-hybridized carbons (Fsp3) is 0.846. The molecule has 1 fully saturated rings. The van der Waals surface area contributed by atoms with Crippen LogP contribution in [-0.4, -0.2) is 11.2 Å². The van der Waals surface area contributed by atoms with E-state index < -0.39 is 0 Å². The molecule has 0 amide bonds. The second-order valence-corrected chi connectivity index (χ2v) is 5.64. The maximum Gasteiger partial charge on any atom is 0.0546 e. The molecule has 0 aromatic rings. The maximum absolute atomic E-state index is 9.19. The van der Waals surface area contributed by atoms with E-state index in [-0.39, 0.29) is 6.10 Å². The van der Waals surface area contributed by atoms with E-state index in [1.807, 2.05) is 6.92 Å². The first-order valence-corrected chi connectivity index (χ1v) is 5.73. The number of aliphatic hydroxyl groups is 1. The number of rotatable bonds is 3. The Morgan fingerprint density at radius 1 is 1.29 bits per heavy atom. The molecule has 1 nitrogen and oxygen atoms in total. The second-order valence-electron chi connectivity index (χ2n) is 5.64. The van der Waals surface area contributed by atoms with Gasteiger partial charge in [-0.15, -0.1) is 0 Å². The molecule has 0 aromatic heterocycles. The van der Waals surface area contributed by atoms with Crippen LogP contribution in [0.15, 0.2) is 12.2 Å². The van der Waals surface area contributed by atoms with Gasteiger partial charge in [-0.2, -0.15) is 0 Å². The molecule has 0 saturated heterocycles. The monoisotopic (exact) mass is 196 g/mol. The number of hydrogen-bond donors (Lipinski definition) is 1. The zero-order chi connectivity index (χ0) is 10.8. The van der Waals surface area contributed by atoms with E-state index in [9.17, 15) is 5.11 Å². The maximum atomic E-state index is 9.19. The Bertz CT molecular complexity index is 215. The van der Waals surface area contributed by atoms with Gasteiger partial charge in [-0.3, -0.25) is 0 Å². The molecular formula is C13H24O. The van der Waals surface area contributed by atoms with E-state index >= 15 is 0 Å². The van der Waals surface area contributed by atoms with Crippen molar-refractivity contribution in [2.24, 2.45) is 10.8 Å². The van der Waals surface area contributed by atoms with Crippen LogP contribution in [0.4, 0.5) is 0 Å². The summed E-state index contributed by atoms with van der Waals surface area (Å²) in [6.07, 6.45) is 9.00. The minimum Gasteiger partial charge on any atom is -0.393 e. The minimum absolute atomic E-state index is 0.209. The van der Waals surface area contributed by atoms with E-state index in [0.717, 1.165) is 6.42 Å². The third kappa shape index (κ3) is 2.38. The van der Waals surface area contributed by atoms with Gasteiger partial charge in [-0.1, -0.05) is 39.3 Å². The summed E-state index contributed by atoms with van der Waals surface area (Å²) >= 11 is 0. The topological polar surface area (TPSA) is 20.2 Å². The third-order valence-electron chi connectivity index (χ3n) is 4.01. The summed E-state index contributed by atoms with van der Waals surface area (Å²) in [5, 5.41) is 9.19. The molecule has 82 valence electrons. The van der Waals surface area contributed by atoms with Crippen molar-refractivity contribution in [3.05, 3.63) is 12.2 Å². The first-order valence-electron chi connectivity index (χ1n) is 5.73. The summed E-state index contributed by atoms with van der Waals surface area (Å²) in [6.45, 7) is 8.89. The number of allylic oxidation sites excluding steroid dienone is 1. The van der Waals surface area contributed by atoms with Gasteiger partial charge in [-0.25, -0.2) is 0 Å². The van der Waals surface area contributed by atoms with Crippen LogP contribution in [0, 0.1) is 10.8 Å². The first-order chi connectivity index (χ1) is 6.37. The minimum atomic E-state index is -0.209. The Balaban J connectivity index is 2.61. The summed E-state index contributed by atoms with van der Waals surface area (Å²) < 4.78 is 0. The third-order valence-corrected chi connectivity index (χ3v) is 4.01. The van der Waals surface area contributed by atoms with Gasteiger partial charge < -0.3 is 5.11 Å². The highest BCUT2D eigenvalue weighted by molar-refractivity contribution is 5.08. The molecule has 1 heteroatoms. The largest absolute Gasteiger partial charge is 0.393 e. The van der Waals surface area contributed by atoms with Crippen molar-refractivity contribution >= 4 is 0 Å². The lowest BCUT2D eigenvalue weighted by Gasteiger charge is -2.36. The van der Waals surface area contributed by atoms with E-state index in [2.05, 4.69) is 32.9 Å². The average Bonchev–Trinajstić information content (AvgIpc) is 2.26. The van der Waals surface area contributed by atoms with Crippen molar-refractivity contribution in [1.29, 1.82) is 0 Å². The molecule has 2 atom stereocenters. The molecule has 0 heterocycles. The highest BCUT2D eigenvalue weighted by Crippen LogP contribution is 2.53. The van der Waals surface area contributed by atoms with Gasteiger partial charge in [0, 0.05) is 0 Å². The molecule has 1 saturated carbocycles. The molecular weight excluding hydrogens is 172 g/mol. The number of aliphatic hydroxyl groups excluding tert-OH is 1. The van der Waals surface area contributed by atoms with E-state index in [1.54, 1.807) is 0 Å². The van der Waals surface area contributed by atoms with Gasteiger partial charge in [0.05, 0.1) is 6.10 Å². The quantitative estimate of drug-likeness (QED) is 0.685. The highest BCUT2D eigenvalue weighted by Gasteiger charge is 2.42. The fourth-order valence-corrected chi connectivity index (χ4v) is 2.36. The van der Waals surface area contributed by atoms with Gasteiger partial charge in [0.25, 0.3) is 0 Å². The summed E-state index contributed by atoms with van der Waals surface area (Å²) in [5.41, 5.74) is 0.754. The van der Waals surface area contributed by atoms with Gasteiger partial charge in [0.1, 0.15) is 0 Å². The average molecular weight is 196 g/mol. The van der Waals surface area contributed by atoms with Crippen LogP contribution < -0.4 is 0 Å². The molecule has 14 heavy (non-hydrogen) atoms. The Labute approximate surface area is 88.2 Å². The van der Waals surface area contributed by atoms with Crippen molar-refractivity contribution in [1.82, 2.24) is 0 Å². The van der Waals surface area contributed by atoms with Crippen LogP contribution >= 0.6 is 0 Å². The summed E-state index contributed by atoms with van der Waals surface area (Å²) in [6, 6.07) is 0. The Morgan fingerprint density at radius 3 is 2.36 bits per heavy atom. The van der Waals surface area contributed by atoms with Crippen LogP contribution in [0.25, 0.3) is 0 Å². The Hall–Kier alpha value is -0.300. The molecule has 1 rings (SSSR count). The number of hydrogen-bond acceptors (Lipinski definition) is 1. The van der Waals surface area contributed by atoms with E-state index in [0.29, 0.717) is 10.8 Å². The zero-order valence-corrected chi connectivity index (χ0v) is 10.0. The molecule has 1 N–H and O–H groups in total. The van der Waals surface area contributed by atoms with Gasteiger partial charge >= 0.3 is 0 Å². The van der Waals surface area contributed by atoms with Crippen molar-refractivity contribution in [2.45, 2.75) is 59.5 Å². The molecule has 2 unspecified atom stereocenters. The SMILES string of the molecule is CC(O)CC=CC1(C)CCCC1(C)C. The normalized spacial score (nSPS) is 33.8. The summed E-state index contributed by atoms with van der Waals surface area (Å²) in [4.78, 5) is 0. The molecule has 0 bridgehead atoms. The lowest BCUT2D eigenvalue weighted by atomic mass is 9.69. The molecule has 0 radical (unpaired) electrons. The lowest BCUT2D eigenvalue weighted by Crippen LogP contribution is -2.27. The molecule has 1 aliphatic rings. The predicted molar refractivity (Wildman–Crippen MR) is 61.2 cm³/mol. The van der Waals surface area contributed by atoms with Crippen molar-refractivity contribution in [2.75, 3.05) is 0 Å². The molecule has 0 spiro atoms. The van der Waals surface area contributed by atoms with Crippen molar-refractivity contribution in [3.63, 3.8) is 0 Å². The van der Waals surface area contributed by atoms with Crippen molar-refractivity contribution < 1.29 is 5.11 Å². The van der Waals surface area contributed by atoms with Gasteiger partial charge in [0.2, 0.25) is 0 Å². The summed E-state index contributed by atoms with van der Waals surface area (Å²) in [5.74, 6) is 0. The lowest BCUT2D eigenvalue weighted by molar-refractivity contribution is 0.186.